The van der Waals surface area contributed by atoms with Gasteiger partial charge in [0.1, 0.15) is 12.3 Å². The summed E-state index contributed by atoms with van der Waals surface area (Å²) in [6.45, 7) is 1.73. The molecule has 0 unspecified atom stereocenters. The number of aromatic nitrogens is 1. The molecule has 0 saturated carbocycles. The standard InChI is InChI=1S/C22H25N3O4S/c1-29-19-6-4-5-17(13-19)15-23-22(26)16-24-12-9-18-14-20(7-8-21(18)24)30(27,28)25-10-2-3-11-25/h4-9,12-14H,2-3,10-11,15-16H2,1H3,(H,23,26). The Labute approximate surface area is 176 Å². The zero-order chi connectivity index (χ0) is 21.1. The van der Waals surface area contributed by atoms with E-state index in [-0.39, 0.29) is 12.5 Å². The smallest absolute Gasteiger partial charge is 0.243 e. The SMILES string of the molecule is COc1cccc(CNC(=O)Cn2ccc3cc(S(=O)(=O)N4CCCC4)ccc32)c1. The molecule has 1 saturated heterocycles. The molecule has 3 aromatic rings. The van der Waals surface area contributed by atoms with Crippen molar-refractivity contribution in [2.45, 2.75) is 30.8 Å². The van der Waals surface area contributed by atoms with Gasteiger partial charge in [-0.15, -0.1) is 0 Å². The molecule has 4 rings (SSSR count). The highest BCUT2D eigenvalue weighted by molar-refractivity contribution is 7.89. The van der Waals surface area contributed by atoms with Gasteiger partial charge in [-0.3, -0.25) is 4.79 Å². The van der Waals surface area contributed by atoms with Crippen LogP contribution in [0.15, 0.2) is 59.6 Å². The predicted octanol–water partition coefficient (Wildman–Crippen LogP) is 2.75. The zero-order valence-electron chi connectivity index (χ0n) is 16.9. The van der Waals surface area contributed by atoms with E-state index in [4.69, 9.17) is 4.74 Å². The number of nitrogens with zero attached hydrogens (tertiary/aromatic N) is 2. The Balaban J connectivity index is 1.45. The number of hydrogen-bond acceptors (Lipinski definition) is 4. The van der Waals surface area contributed by atoms with Crippen molar-refractivity contribution in [3.8, 4) is 5.75 Å². The zero-order valence-corrected chi connectivity index (χ0v) is 17.7. The summed E-state index contributed by atoms with van der Waals surface area (Å²) in [7, 11) is -1.85. The van der Waals surface area contributed by atoms with Gasteiger partial charge in [0.05, 0.1) is 12.0 Å². The van der Waals surface area contributed by atoms with E-state index >= 15 is 0 Å². The topological polar surface area (TPSA) is 80.6 Å². The number of benzene rings is 2. The van der Waals surface area contributed by atoms with Gasteiger partial charge < -0.3 is 14.6 Å². The molecule has 8 heteroatoms. The maximum Gasteiger partial charge on any atom is 0.243 e. The molecule has 1 amide bonds. The largest absolute Gasteiger partial charge is 0.497 e. The van der Waals surface area contributed by atoms with Crippen molar-refractivity contribution in [3.05, 3.63) is 60.3 Å². The molecule has 0 aliphatic carbocycles. The summed E-state index contributed by atoms with van der Waals surface area (Å²) < 4.78 is 34.1. The molecule has 1 fully saturated rings. The number of nitrogens with one attached hydrogen (secondary N) is 1. The molecule has 1 aromatic heterocycles. The summed E-state index contributed by atoms with van der Waals surface area (Å²) in [5.41, 5.74) is 1.78. The second kappa shape index (κ2) is 8.49. The van der Waals surface area contributed by atoms with E-state index in [0.29, 0.717) is 24.5 Å². The maximum atomic E-state index is 12.8. The van der Waals surface area contributed by atoms with E-state index in [0.717, 1.165) is 35.1 Å². The Morgan fingerprint density at radius 3 is 2.67 bits per heavy atom. The number of rotatable bonds is 7. The fourth-order valence-electron chi connectivity index (χ4n) is 3.75. The lowest BCUT2D eigenvalue weighted by Gasteiger charge is -2.15. The Bertz CT molecular complexity index is 1160. The Kier molecular flexibility index (Phi) is 5.78. The van der Waals surface area contributed by atoms with Crippen LogP contribution in [-0.4, -0.2) is 43.4 Å². The van der Waals surface area contributed by atoms with Gasteiger partial charge in [0, 0.05) is 36.7 Å². The van der Waals surface area contributed by atoms with Gasteiger partial charge in [0.25, 0.3) is 0 Å². The Morgan fingerprint density at radius 2 is 1.90 bits per heavy atom. The lowest BCUT2D eigenvalue weighted by Crippen LogP contribution is -2.28. The van der Waals surface area contributed by atoms with Crippen molar-refractivity contribution in [2.75, 3.05) is 20.2 Å². The third kappa shape index (κ3) is 4.20. The number of carbonyl (C=O) groups excluding carboxylic acids is 1. The molecule has 2 aromatic carbocycles. The summed E-state index contributed by atoms with van der Waals surface area (Å²) in [6.07, 6.45) is 3.62. The molecular formula is C22H25N3O4S. The van der Waals surface area contributed by atoms with E-state index in [9.17, 15) is 13.2 Å². The highest BCUT2D eigenvalue weighted by Crippen LogP contribution is 2.25. The Hall–Kier alpha value is -2.84. The fourth-order valence-corrected chi connectivity index (χ4v) is 5.30. The molecular weight excluding hydrogens is 402 g/mol. The van der Waals surface area contributed by atoms with Gasteiger partial charge in [-0.25, -0.2) is 8.42 Å². The quantitative estimate of drug-likeness (QED) is 0.629. The average molecular weight is 428 g/mol. The fraction of sp³-hybridized carbons (Fsp3) is 0.318. The average Bonchev–Trinajstić information content (AvgIpc) is 3.43. The van der Waals surface area contributed by atoms with Crippen molar-refractivity contribution in [2.24, 2.45) is 0 Å². The molecule has 7 nitrogen and oxygen atoms in total. The van der Waals surface area contributed by atoms with E-state index < -0.39 is 10.0 Å². The van der Waals surface area contributed by atoms with Crippen molar-refractivity contribution >= 4 is 26.8 Å². The van der Waals surface area contributed by atoms with Crippen LogP contribution in [0.3, 0.4) is 0 Å². The van der Waals surface area contributed by atoms with Gasteiger partial charge in [-0.05, 0) is 54.8 Å². The van der Waals surface area contributed by atoms with Gasteiger partial charge in [-0.2, -0.15) is 4.31 Å². The van der Waals surface area contributed by atoms with Crippen LogP contribution in [0.4, 0.5) is 0 Å². The number of hydrogen-bond donors (Lipinski definition) is 1. The molecule has 2 heterocycles. The number of fused-ring (bicyclic) bond motifs is 1. The number of carbonyl (C=O) groups is 1. The number of ether oxygens (including phenoxy) is 1. The maximum absolute atomic E-state index is 12.8. The third-order valence-electron chi connectivity index (χ3n) is 5.38. The van der Waals surface area contributed by atoms with Crippen molar-refractivity contribution in [1.29, 1.82) is 0 Å². The first-order chi connectivity index (χ1) is 14.5. The first-order valence-corrected chi connectivity index (χ1v) is 11.4. The molecule has 0 radical (unpaired) electrons. The predicted molar refractivity (Wildman–Crippen MR) is 115 cm³/mol. The molecule has 158 valence electrons. The van der Waals surface area contributed by atoms with Gasteiger partial charge >= 0.3 is 0 Å². The normalized spacial score (nSPS) is 14.8. The van der Waals surface area contributed by atoms with E-state index in [1.165, 1.54) is 4.31 Å². The molecule has 0 atom stereocenters. The van der Waals surface area contributed by atoms with Gasteiger partial charge in [0.15, 0.2) is 0 Å². The summed E-state index contributed by atoms with van der Waals surface area (Å²) in [4.78, 5) is 12.7. The highest BCUT2D eigenvalue weighted by atomic mass is 32.2. The number of methoxy groups -OCH3 is 1. The summed E-state index contributed by atoms with van der Waals surface area (Å²) >= 11 is 0. The van der Waals surface area contributed by atoms with Gasteiger partial charge in [-0.1, -0.05) is 12.1 Å². The molecule has 0 spiro atoms. The number of sulfonamides is 1. The van der Waals surface area contributed by atoms with Crippen LogP contribution in [-0.2, 0) is 27.9 Å². The molecule has 1 aliphatic rings. The minimum Gasteiger partial charge on any atom is -0.497 e. The van der Waals surface area contributed by atoms with E-state index in [2.05, 4.69) is 5.32 Å². The number of amides is 1. The van der Waals surface area contributed by atoms with Crippen LogP contribution >= 0.6 is 0 Å². The molecule has 1 aliphatic heterocycles. The lowest BCUT2D eigenvalue weighted by molar-refractivity contribution is -0.121. The second-order valence-electron chi connectivity index (χ2n) is 7.40. The summed E-state index contributed by atoms with van der Waals surface area (Å²) in [5, 5.41) is 3.71. The second-order valence-corrected chi connectivity index (χ2v) is 9.34. The van der Waals surface area contributed by atoms with Crippen molar-refractivity contribution in [3.63, 3.8) is 0 Å². The summed E-state index contributed by atoms with van der Waals surface area (Å²) in [5.74, 6) is 0.627. The third-order valence-corrected chi connectivity index (χ3v) is 7.28. The monoisotopic (exact) mass is 427 g/mol. The van der Waals surface area contributed by atoms with Crippen molar-refractivity contribution in [1.82, 2.24) is 14.2 Å². The van der Waals surface area contributed by atoms with Crippen LogP contribution in [0.1, 0.15) is 18.4 Å². The van der Waals surface area contributed by atoms with Crippen molar-refractivity contribution < 1.29 is 17.9 Å². The molecule has 30 heavy (non-hydrogen) atoms. The highest BCUT2D eigenvalue weighted by Gasteiger charge is 2.27. The first-order valence-electron chi connectivity index (χ1n) is 9.96. The van der Waals surface area contributed by atoms with Crippen LogP contribution in [0, 0.1) is 0 Å². The minimum atomic E-state index is -3.45. The molecule has 0 bridgehead atoms. The van der Waals surface area contributed by atoms with Gasteiger partial charge in [0.2, 0.25) is 15.9 Å². The Morgan fingerprint density at radius 1 is 1.10 bits per heavy atom. The minimum absolute atomic E-state index is 0.121. The van der Waals surface area contributed by atoms with E-state index in [1.54, 1.807) is 25.3 Å². The van der Waals surface area contributed by atoms with Crippen LogP contribution < -0.4 is 10.1 Å². The lowest BCUT2D eigenvalue weighted by atomic mass is 10.2. The van der Waals surface area contributed by atoms with Crippen LogP contribution in [0.2, 0.25) is 0 Å². The van der Waals surface area contributed by atoms with Crippen LogP contribution in [0.25, 0.3) is 10.9 Å². The van der Waals surface area contributed by atoms with E-state index in [1.807, 2.05) is 41.1 Å². The summed E-state index contributed by atoms with van der Waals surface area (Å²) in [6, 6.07) is 14.5. The molecule has 1 N–H and O–H groups in total. The first kappa shape index (κ1) is 20.4. The van der Waals surface area contributed by atoms with Crippen LogP contribution in [0.5, 0.6) is 5.75 Å².